The second-order valence-electron chi connectivity index (χ2n) is 6.60. The fraction of sp³-hybridized carbons (Fsp3) is 0.0870. The lowest BCUT2D eigenvalue weighted by atomic mass is 10.2. The van der Waals surface area contributed by atoms with Crippen molar-refractivity contribution in [1.29, 1.82) is 0 Å². The molecule has 0 unspecified atom stereocenters. The summed E-state index contributed by atoms with van der Waals surface area (Å²) in [5.41, 5.74) is 4.10. The van der Waals surface area contributed by atoms with Crippen molar-refractivity contribution in [3.8, 4) is 0 Å². The van der Waals surface area contributed by atoms with E-state index in [0.29, 0.717) is 23.0 Å². The SMILES string of the molecule is COC(=O)c1cccc(Nc2nc(Nc3ccc(C)cc3)c3ccccc3n2)c1. The van der Waals surface area contributed by atoms with E-state index in [1.807, 2.05) is 61.5 Å². The van der Waals surface area contributed by atoms with Crippen molar-refractivity contribution in [2.24, 2.45) is 0 Å². The van der Waals surface area contributed by atoms with Gasteiger partial charge < -0.3 is 15.4 Å². The molecule has 4 aromatic rings. The number of para-hydroxylation sites is 1. The van der Waals surface area contributed by atoms with Crippen LogP contribution in [0.25, 0.3) is 10.9 Å². The normalized spacial score (nSPS) is 10.6. The zero-order valence-corrected chi connectivity index (χ0v) is 16.1. The Morgan fingerprint density at radius 1 is 0.862 bits per heavy atom. The number of nitrogens with one attached hydrogen (secondary N) is 2. The summed E-state index contributed by atoms with van der Waals surface area (Å²) < 4.78 is 4.79. The molecule has 6 heteroatoms. The van der Waals surface area contributed by atoms with Crippen molar-refractivity contribution in [3.05, 3.63) is 83.9 Å². The third-order valence-electron chi connectivity index (χ3n) is 4.46. The molecule has 0 aliphatic rings. The second kappa shape index (κ2) is 7.98. The molecule has 1 heterocycles. The maximum atomic E-state index is 11.8. The van der Waals surface area contributed by atoms with Crippen LogP contribution >= 0.6 is 0 Å². The van der Waals surface area contributed by atoms with Crippen LogP contribution in [0, 0.1) is 6.92 Å². The first-order valence-corrected chi connectivity index (χ1v) is 9.18. The Bertz CT molecular complexity index is 1170. The highest BCUT2D eigenvalue weighted by atomic mass is 16.5. The number of carbonyl (C=O) groups is 1. The second-order valence-corrected chi connectivity index (χ2v) is 6.60. The Kier molecular flexibility index (Phi) is 5.07. The Labute approximate surface area is 168 Å². The van der Waals surface area contributed by atoms with Gasteiger partial charge in [0.05, 0.1) is 18.2 Å². The molecule has 6 nitrogen and oxygen atoms in total. The van der Waals surface area contributed by atoms with Gasteiger partial charge in [0.1, 0.15) is 5.82 Å². The summed E-state index contributed by atoms with van der Waals surface area (Å²) in [5.74, 6) is 0.737. The Balaban J connectivity index is 1.70. The smallest absolute Gasteiger partial charge is 0.337 e. The summed E-state index contributed by atoms with van der Waals surface area (Å²) >= 11 is 0. The number of ether oxygens (including phenoxy) is 1. The first-order valence-electron chi connectivity index (χ1n) is 9.18. The first-order chi connectivity index (χ1) is 14.1. The molecule has 3 aromatic carbocycles. The number of rotatable bonds is 5. The molecule has 1 aromatic heterocycles. The highest BCUT2D eigenvalue weighted by Crippen LogP contribution is 2.26. The predicted octanol–water partition coefficient (Wildman–Crippen LogP) is 5.21. The van der Waals surface area contributed by atoms with Crippen molar-refractivity contribution >= 4 is 40.0 Å². The van der Waals surface area contributed by atoms with Crippen LogP contribution in [0.1, 0.15) is 15.9 Å². The van der Waals surface area contributed by atoms with Crippen molar-refractivity contribution in [2.45, 2.75) is 6.92 Å². The number of hydrogen-bond acceptors (Lipinski definition) is 6. The van der Waals surface area contributed by atoms with E-state index in [9.17, 15) is 4.79 Å². The molecule has 144 valence electrons. The summed E-state index contributed by atoms with van der Waals surface area (Å²) in [6.45, 7) is 2.05. The Morgan fingerprint density at radius 3 is 2.45 bits per heavy atom. The van der Waals surface area contributed by atoms with Gasteiger partial charge in [0.25, 0.3) is 0 Å². The molecule has 4 rings (SSSR count). The molecule has 0 aliphatic heterocycles. The van der Waals surface area contributed by atoms with Crippen LogP contribution in [0.15, 0.2) is 72.8 Å². The number of carbonyl (C=O) groups excluding carboxylic acids is 1. The topological polar surface area (TPSA) is 76.1 Å². The van der Waals surface area contributed by atoms with Crippen molar-refractivity contribution in [2.75, 3.05) is 17.7 Å². The van der Waals surface area contributed by atoms with Crippen LogP contribution in [0.3, 0.4) is 0 Å². The van der Waals surface area contributed by atoms with Crippen LogP contribution in [0.4, 0.5) is 23.1 Å². The van der Waals surface area contributed by atoms with E-state index in [0.717, 1.165) is 16.6 Å². The van der Waals surface area contributed by atoms with Gasteiger partial charge in [-0.2, -0.15) is 4.98 Å². The van der Waals surface area contributed by atoms with Gasteiger partial charge in [-0.15, -0.1) is 0 Å². The molecule has 0 saturated heterocycles. The molecule has 2 N–H and O–H groups in total. The maximum Gasteiger partial charge on any atom is 0.337 e. The summed E-state index contributed by atoms with van der Waals surface area (Å²) in [6.07, 6.45) is 0. The largest absolute Gasteiger partial charge is 0.465 e. The Hall–Kier alpha value is -3.93. The number of anilines is 4. The minimum atomic E-state index is -0.394. The molecule has 0 atom stereocenters. The van der Waals surface area contributed by atoms with Crippen LogP contribution in [-0.2, 0) is 4.74 Å². The quantitative estimate of drug-likeness (QED) is 0.460. The number of esters is 1. The van der Waals surface area contributed by atoms with E-state index in [2.05, 4.69) is 20.6 Å². The molecular formula is C23H20N4O2. The van der Waals surface area contributed by atoms with Crippen molar-refractivity contribution < 1.29 is 9.53 Å². The summed E-state index contributed by atoms with van der Waals surface area (Å²) in [5, 5.41) is 7.47. The Morgan fingerprint density at radius 2 is 1.66 bits per heavy atom. The molecule has 0 bridgehead atoms. The molecule has 0 amide bonds. The number of aryl methyl sites for hydroxylation is 1. The number of fused-ring (bicyclic) bond motifs is 1. The molecule has 0 saturated carbocycles. The van der Waals surface area contributed by atoms with Gasteiger partial charge in [-0.25, -0.2) is 9.78 Å². The van der Waals surface area contributed by atoms with Gasteiger partial charge >= 0.3 is 5.97 Å². The van der Waals surface area contributed by atoms with Crippen molar-refractivity contribution in [1.82, 2.24) is 9.97 Å². The van der Waals surface area contributed by atoms with Gasteiger partial charge in [-0.05, 0) is 49.4 Å². The van der Waals surface area contributed by atoms with Crippen LogP contribution in [-0.4, -0.2) is 23.0 Å². The lowest BCUT2D eigenvalue weighted by Crippen LogP contribution is -2.04. The number of benzene rings is 3. The minimum Gasteiger partial charge on any atom is -0.465 e. The van der Waals surface area contributed by atoms with Gasteiger partial charge in [0.15, 0.2) is 0 Å². The third-order valence-corrected chi connectivity index (χ3v) is 4.46. The van der Waals surface area contributed by atoms with E-state index in [4.69, 9.17) is 4.74 Å². The minimum absolute atomic E-state index is 0.394. The van der Waals surface area contributed by atoms with E-state index in [1.165, 1.54) is 12.7 Å². The van der Waals surface area contributed by atoms with Crippen LogP contribution in [0.5, 0.6) is 0 Å². The van der Waals surface area contributed by atoms with E-state index in [-0.39, 0.29) is 0 Å². The molecule has 0 aliphatic carbocycles. The maximum absolute atomic E-state index is 11.8. The van der Waals surface area contributed by atoms with Gasteiger partial charge in [-0.3, -0.25) is 0 Å². The van der Waals surface area contributed by atoms with Crippen molar-refractivity contribution in [3.63, 3.8) is 0 Å². The highest BCUT2D eigenvalue weighted by Gasteiger charge is 2.10. The monoisotopic (exact) mass is 384 g/mol. The van der Waals surface area contributed by atoms with E-state index < -0.39 is 5.97 Å². The predicted molar refractivity (Wildman–Crippen MR) is 115 cm³/mol. The molecule has 29 heavy (non-hydrogen) atoms. The number of methoxy groups -OCH3 is 1. The number of aromatic nitrogens is 2. The summed E-state index contributed by atoms with van der Waals surface area (Å²) in [7, 11) is 1.36. The molecular weight excluding hydrogens is 364 g/mol. The van der Waals surface area contributed by atoms with Gasteiger partial charge in [0.2, 0.25) is 5.95 Å². The fourth-order valence-electron chi connectivity index (χ4n) is 2.97. The first kappa shape index (κ1) is 18.4. The van der Waals surface area contributed by atoms with Gasteiger partial charge in [-0.1, -0.05) is 35.9 Å². The average Bonchev–Trinajstić information content (AvgIpc) is 2.75. The van der Waals surface area contributed by atoms with E-state index >= 15 is 0 Å². The molecule has 0 spiro atoms. The van der Waals surface area contributed by atoms with E-state index in [1.54, 1.807) is 18.2 Å². The average molecular weight is 384 g/mol. The molecule has 0 fully saturated rings. The summed E-state index contributed by atoms with van der Waals surface area (Å²) in [6, 6.07) is 23.0. The molecule has 0 radical (unpaired) electrons. The lowest BCUT2D eigenvalue weighted by Gasteiger charge is -2.12. The fourth-order valence-corrected chi connectivity index (χ4v) is 2.97. The highest BCUT2D eigenvalue weighted by molar-refractivity contribution is 5.92. The standard InChI is InChI=1S/C23H20N4O2/c1-15-10-12-17(13-11-15)24-21-19-8-3-4-9-20(19)26-23(27-21)25-18-7-5-6-16(14-18)22(28)29-2/h3-14H,1-2H3,(H2,24,25,26,27). The van der Waals surface area contributed by atoms with Crippen LogP contribution < -0.4 is 10.6 Å². The lowest BCUT2D eigenvalue weighted by molar-refractivity contribution is 0.0601. The number of nitrogens with zero attached hydrogens (tertiary/aromatic N) is 2. The zero-order chi connectivity index (χ0) is 20.2. The third kappa shape index (κ3) is 4.16. The number of hydrogen-bond donors (Lipinski definition) is 2. The van der Waals surface area contributed by atoms with Crippen LogP contribution in [0.2, 0.25) is 0 Å². The summed E-state index contributed by atoms with van der Waals surface area (Å²) in [4.78, 5) is 21.0. The van der Waals surface area contributed by atoms with Gasteiger partial charge in [0, 0.05) is 16.8 Å². The zero-order valence-electron chi connectivity index (χ0n) is 16.1.